The quantitative estimate of drug-likeness (QED) is 0.811. The number of aliphatic hydroxyl groups is 1. The van der Waals surface area contributed by atoms with E-state index in [1.807, 2.05) is 0 Å². The molecule has 1 aliphatic heterocycles. The van der Waals surface area contributed by atoms with Crippen LogP contribution in [0, 0.1) is 0 Å². The normalized spacial score (nSPS) is 26.1. The minimum absolute atomic E-state index is 0.216. The van der Waals surface area contributed by atoms with Crippen LogP contribution in [0.5, 0.6) is 0 Å². The van der Waals surface area contributed by atoms with Crippen LogP contribution >= 0.6 is 0 Å². The van der Waals surface area contributed by atoms with E-state index in [4.69, 9.17) is 4.74 Å². The lowest BCUT2D eigenvalue weighted by Gasteiger charge is -2.24. The van der Waals surface area contributed by atoms with E-state index in [0.717, 1.165) is 4.68 Å². The van der Waals surface area contributed by atoms with Crippen molar-refractivity contribution in [2.45, 2.75) is 43.5 Å². The second-order valence-corrected chi connectivity index (χ2v) is 5.34. The van der Waals surface area contributed by atoms with Gasteiger partial charge >= 0.3 is 6.18 Å². The number of aromatic nitrogens is 2. The second kappa shape index (κ2) is 4.64. The average molecular weight is 312 g/mol. The molecule has 118 valence electrons. The molecule has 0 radical (unpaired) electrons. The Bertz CT molecular complexity index is 549. The number of halogens is 5. The zero-order valence-corrected chi connectivity index (χ0v) is 10.8. The first kappa shape index (κ1) is 14.7. The minimum Gasteiger partial charge on any atom is -0.382 e. The molecule has 0 spiro atoms. The summed E-state index contributed by atoms with van der Waals surface area (Å²) >= 11 is 0. The summed E-state index contributed by atoms with van der Waals surface area (Å²) in [6.45, 7) is 0.694. The number of fused-ring (bicyclic) bond motifs is 1. The van der Waals surface area contributed by atoms with Gasteiger partial charge in [0.15, 0.2) is 5.69 Å². The highest BCUT2D eigenvalue weighted by Gasteiger charge is 2.55. The van der Waals surface area contributed by atoms with Gasteiger partial charge in [-0.3, -0.25) is 4.68 Å². The summed E-state index contributed by atoms with van der Waals surface area (Å²) in [5.74, 6) is -3.60. The molecule has 1 fully saturated rings. The predicted octanol–water partition coefficient (Wildman–Crippen LogP) is 2.48. The zero-order chi connectivity index (χ0) is 15.4. The van der Waals surface area contributed by atoms with Gasteiger partial charge < -0.3 is 9.84 Å². The molecule has 1 aliphatic carbocycles. The van der Waals surface area contributed by atoms with E-state index >= 15 is 0 Å². The summed E-state index contributed by atoms with van der Waals surface area (Å²) in [7, 11) is 0. The van der Waals surface area contributed by atoms with E-state index in [-0.39, 0.29) is 5.69 Å². The van der Waals surface area contributed by atoms with Crippen LogP contribution < -0.4 is 0 Å². The lowest BCUT2D eigenvalue weighted by Crippen LogP contribution is -2.27. The Labute approximate surface area is 116 Å². The zero-order valence-electron chi connectivity index (χ0n) is 10.8. The van der Waals surface area contributed by atoms with E-state index in [9.17, 15) is 27.1 Å². The van der Waals surface area contributed by atoms with Crippen molar-refractivity contribution in [3.05, 3.63) is 17.0 Å². The molecule has 1 aromatic heterocycles. The van der Waals surface area contributed by atoms with Crippen LogP contribution in [0.2, 0.25) is 0 Å². The molecule has 0 aromatic carbocycles. The molecule has 4 nitrogen and oxygen atoms in total. The highest BCUT2D eigenvalue weighted by Crippen LogP contribution is 2.49. The van der Waals surface area contributed by atoms with Crippen LogP contribution in [-0.2, 0) is 17.3 Å². The number of ether oxygens (including phenoxy) is 1. The Morgan fingerprint density at radius 1 is 1.24 bits per heavy atom. The topological polar surface area (TPSA) is 47.3 Å². The van der Waals surface area contributed by atoms with Crippen molar-refractivity contribution in [2.24, 2.45) is 0 Å². The van der Waals surface area contributed by atoms with Crippen LogP contribution in [0.1, 0.15) is 41.9 Å². The molecule has 9 heteroatoms. The Kier molecular flexibility index (Phi) is 3.25. The number of aliphatic hydroxyl groups excluding tert-OH is 1. The van der Waals surface area contributed by atoms with Crippen molar-refractivity contribution in [3.63, 3.8) is 0 Å². The first-order valence-corrected chi connectivity index (χ1v) is 6.54. The second-order valence-electron chi connectivity index (χ2n) is 5.34. The van der Waals surface area contributed by atoms with Crippen LogP contribution in [-0.4, -0.2) is 34.0 Å². The van der Waals surface area contributed by atoms with Crippen LogP contribution in [0.25, 0.3) is 0 Å². The summed E-state index contributed by atoms with van der Waals surface area (Å²) in [6.07, 6.45) is -7.44. The van der Waals surface area contributed by atoms with E-state index < -0.39 is 41.9 Å². The van der Waals surface area contributed by atoms with Crippen molar-refractivity contribution >= 4 is 0 Å². The molecule has 0 saturated carbocycles. The fourth-order valence-corrected chi connectivity index (χ4v) is 2.92. The van der Waals surface area contributed by atoms with Gasteiger partial charge in [0.1, 0.15) is 6.10 Å². The average Bonchev–Trinajstić information content (AvgIpc) is 2.86. The van der Waals surface area contributed by atoms with E-state index in [2.05, 4.69) is 5.10 Å². The lowest BCUT2D eigenvalue weighted by molar-refractivity contribution is -0.146. The van der Waals surface area contributed by atoms with Crippen molar-refractivity contribution in [1.82, 2.24) is 9.78 Å². The van der Waals surface area contributed by atoms with Gasteiger partial charge in [-0.15, -0.1) is 0 Å². The van der Waals surface area contributed by atoms with E-state index in [1.54, 1.807) is 0 Å². The first-order chi connectivity index (χ1) is 9.72. The van der Waals surface area contributed by atoms with Gasteiger partial charge in [-0.1, -0.05) is 0 Å². The van der Waals surface area contributed by atoms with Gasteiger partial charge in [0.25, 0.3) is 5.92 Å². The first-order valence-electron chi connectivity index (χ1n) is 6.54. The largest absolute Gasteiger partial charge is 0.435 e. The van der Waals surface area contributed by atoms with Gasteiger partial charge in [-0.05, 0) is 12.8 Å². The van der Waals surface area contributed by atoms with Crippen molar-refractivity contribution < 1.29 is 31.8 Å². The summed E-state index contributed by atoms with van der Waals surface area (Å²) < 4.78 is 72.3. The maximum Gasteiger partial charge on any atom is 0.435 e. The number of rotatable bonds is 1. The summed E-state index contributed by atoms with van der Waals surface area (Å²) in [5, 5.41) is 13.0. The number of hydrogen-bond acceptors (Lipinski definition) is 3. The van der Waals surface area contributed by atoms with Crippen molar-refractivity contribution in [1.29, 1.82) is 0 Å². The molecule has 1 atom stereocenters. The third-order valence-electron chi connectivity index (χ3n) is 3.93. The van der Waals surface area contributed by atoms with Gasteiger partial charge in [0.2, 0.25) is 0 Å². The Morgan fingerprint density at radius 2 is 1.86 bits per heavy atom. The van der Waals surface area contributed by atoms with Crippen molar-refractivity contribution in [2.75, 3.05) is 13.2 Å². The van der Waals surface area contributed by atoms with Crippen molar-refractivity contribution in [3.8, 4) is 0 Å². The monoisotopic (exact) mass is 312 g/mol. The van der Waals surface area contributed by atoms with Crippen LogP contribution in [0.15, 0.2) is 0 Å². The predicted molar refractivity (Wildman–Crippen MR) is 59.9 cm³/mol. The van der Waals surface area contributed by atoms with E-state index in [1.165, 1.54) is 0 Å². The van der Waals surface area contributed by atoms with Gasteiger partial charge in [-0.25, -0.2) is 8.78 Å². The highest BCUT2D eigenvalue weighted by molar-refractivity contribution is 5.38. The van der Waals surface area contributed by atoms with Crippen LogP contribution in [0.3, 0.4) is 0 Å². The molecular weight excluding hydrogens is 299 g/mol. The molecule has 0 amide bonds. The molecule has 3 rings (SSSR count). The summed E-state index contributed by atoms with van der Waals surface area (Å²) in [5.41, 5.74) is -2.40. The molecule has 1 saturated heterocycles. The fraction of sp³-hybridized carbons (Fsp3) is 0.750. The molecule has 1 aromatic rings. The Balaban J connectivity index is 2.09. The molecule has 2 heterocycles. The fourth-order valence-electron chi connectivity index (χ4n) is 2.92. The minimum atomic E-state index is -4.87. The maximum atomic E-state index is 13.6. The van der Waals surface area contributed by atoms with E-state index in [0.29, 0.717) is 26.1 Å². The number of nitrogens with zero attached hydrogens (tertiary/aromatic N) is 2. The maximum absolute atomic E-state index is 13.6. The molecule has 21 heavy (non-hydrogen) atoms. The molecule has 0 bridgehead atoms. The summed E-state index contributed by atoms with van der Waals surface area (Å²) in [4.78, 5) is 0. The van der Waals surface area contributed by atoms with Gasteiger partial charge in [0.05, 0.1) is 18.2 Å². The Hall–Kier alpha value is -1.22. The molecular formula is C12H13F5N2O2. The number of hydrogen-bond donors (Lipinski definition) is 1. The standard InChI is InChI=1S/C12H13F5N2O2/c13-11(14)5-7-8(10(11)20)9(12(15,16)17)18-19(7)6-1-3-21-4-2-6/h6,10,20H,1-5H2. The van der Waals surface area contributed by atoms with Crippen LogP contribution in [0.4, 0.5) is 22.0 Å². The SMILES string of the molecule is OC1c2c(C(F)(F)F)nn(C3CCOCC3)c2CC1(F)F. The lowest BCUT2D eigenvalue weighted by atomic mass is 10.1. The third kappa shape index (κ3) is 2.32. The molecule has 1 N–H and O–H groups in total. The third-order valence-corrected chi connectivity index (χ3v) is 3.93. The highest BCUT2D eigenvalue weighted by atomic mass is 19.4. The molecule has 2 aliphatic rings. The van der Waals surface area contributed by atoms with Gasteiger partial charge in [0, 0.05) is 18.8 Å². The Morgan fingerprint density at radius 3 is 2.43 bits per heavy atom. The smallest absolute Gasteiger partial charge is 0.382 e. The summed E-state index contributed by atoms with van der Waals surface area (Å²) in [6, 6.07) is -0.412. The molecule has 1 unspecified atom stereocenters. The number of alkyl halides is 5. The van der Waals surface area contributed by atoms with Gasteiger partial charge in [-0.2, -0.15) is 18.3 Å².